The molecular weight excluding hydrogens is 253 g/mol. The average molecular weight is 271 g/mol. The number of hydrogen-bond acceptors (Lipinski definition) is 2. The number of nitrogens with zero attached hydrogens (tertiary/aromatic N) is 1. The molecule has 1 aliphatic carbocycles. The van der Waals surface area contributed by atoms with Crippen LogP contribution in [0.2, 0.25) is 0 Å². The third-order valence-electron chi connectivity index (χ3n) is 3.43. The summed E-state index contributed by atoms with van der Waals surface area (Å²) in [6.45, 7) is 1.89. The molecule has 0 bridgehead atoms. The fourth-order valence-electron chi connectivity index (χ4n) is 2.08. The number of hydrogen-bond donors (Lipinski definition) is 0. The molecule has 0 spiro atoms. The van der Waals surface area contributed by atoms with Crippen LogP contribution in [0.25, 0.3) is 0 Å². The maximum absolute atomic E-state index is 13.9. The summed E-state index contributed by atoms with van der Waals surface area (Å²) in [6, 6.07) is 3.18. The van der Waals surface area contributed by atoms with Crippen LogP contribution < -0.4 is 4.31 Å². The van der Waals surface area contributed by atoms with Crippen molar-refractivity contribution in [2.75, 3.05) is 17.6 Å². The van der Waals surface area contributed by atoms with Crippen LogP contribution in [0.5, 0.6) is 0 Å². The molecule has 0 unspecified atom stereocenters. The van der Waals surface area contributed by atoms with Gasteiger partial charge in [-0.15, -0.1) is 0 Å². The lowest BCUT2D eigenvalue weighted by Gasteiger charge is -2.21. The molecular formula is C13H18FNO2S. The molecule has 0 aliphatic heterocycles. The second-order valence-corrected chi connectivity index (χ2v) is 6.87. The summed E-state index contributed by atoms with van der Waals surface area (Å²) in [6.07, 6.45) is 3.75. The van der Waals surface area contributed by atoms with Crippen molar-refractivity contribution in [3.05, 3.63) is 29.1 Å². The van der Waals surface area contributed by atoms with Crippen LogP contribution in [0, 0.1) is 5.82 Å². The summed E-state index contributed by atoms with van der Waals surface area (Å²) in [5.74, 6) is 0.0580. The zero-order valence-electron chi connectivity index (χ0n) is 10.9. The summed E-state index contributed by atoms with van der Waals surface area (Å²) in [5, 5.41) is 0. The van der Waals surface area contributed by atoms with Crippen LogP contribution in [0.15, 0.2) is 12.1 Å². The Morgan fingerprint density at radius 2 is 2.00 bits per heavy atom. The van der Waals surface area contributed by atoms with E-state index < -0.39 is 10.0 Å². The van der Waals surface area contributed by atoms with E-state index in [1.54, 1.807) is 6.07 Å². The first-order valence-corrected chi connectivity index (χ1v) is 7.95. The number of aryl methyl sites for hydroxylation is 1. The number of halogens is 1. The minimum absolute atomic E-state index is 0.208. The highest BCUT2D eigenvalue weighted by Crippen LogP contribution is 2.43. The van der Waals surface area contributed by atoms with Crippen molar-refractivity contribution in [3.63, 3.8) is 0 Å². The van der Waals surface area contributed by atoms with E-state index in [1.807, 2.05) is 6.92 Å². The van der Waals surface area contributed by atoms with E-state index in [9.17, 15) is 12.8 Å². The van der Waals surface area contributed by atoms with Crippen molar-refractivity contribution >= 4 is 15.7 Å². The van der Waals surface area contributed by atoms with Crippen LogP contribution in [0.3, 0.4) is 0 Å². The van der Waals surface area contributed by atoms with Crippen LogP contribution in [-0.2, 0) is 16.4 Å². The number of rotatable bonds is 4. The average Bonchev–Trinajstić information content (AvgIpc) is 3.10. The van der Waals surface area contributed by atoms with Crippen LogP contribution >= 0.6 is 0 Å². The normalized spacial score (nSPS) is 15.8. The summed E-state index contributed by atoms with van der Waals surface area (Å²) < 4.78 is 38.4. The molecule has 5 heteroatoms. The first kappa shape index (κ1) is 13.3. The van der Waals surface area contributed by atoms with Crippen LogP contribution in [0.1, 0.15) is 36.8 Å². The van der Waals surface area contributed by atoms with Gasteiger partial charge in [-0.1, -0.05) is 6.92 Å². The Kier molecular flexibility index (Phi) is 3.36. The third kappa shape index (κ3) is 2.51. The molecule has 18 heavy (non-hydrogen) atoms. The Hall–Kier alpha value is -1.10. The maximum Gasteiger partial charge on any atom is 0.232 e. The molecule has 0 amide bonds. The van der Waals surface area contributed by atoms with Crippen molar-refractivity contribution in [1.82, 2.24) is 0 Å². The quantitative estimate of drug-likeness (QED) is 0.844. The SMILES string of the molecule is CCc1cc(F)c(C2CC2)cc1N(C)S(C)(=O)=O. The summed E-state index contributed by atoms with van der Waals surface area (Å²) in [5.41, 5.74) is 1.98. The molecule has 0 saturated heterocycles. The molecule has 0 radical (unpaired) electrons. The van der Waals surface area contributed by atoms with Gasteiger partial charge in [-0.05, 0) is 48.4 Å². The van der Waals surface area contributed by atoms with Crippen molar-refractivity contribution < 1.29 is 12.8 Å². The molecule has 1 aliphatic rings. The van der Waals surface area contributed by atoms with Gasteiger partial charge in [0, 0.05) is 7.05 Å². The van der Waals surface area contributed by atoms with Gasteiger partial charge in [-0.2, -0.15) is 0 Å². The fourth-order valence-corrected chi connectivity index (χ4v) is 2.61. The molecule has 3 nitrogen and oxygen atoms in total. The summed E-state index contributed by atoms with van der Waals surface area (Å²) >= 11 is 0. The molecule has 0 N–H and O–H groups in total. The highest BCUT2D eigenvalue weighted by atomic mass is 32.2. The molecule has 0 atom stereocenters. The van der Waals surface area contributed by atoms with E-state index in [1.165, 1.54) is 17.4 Å². The predicted octanol–water partition coefficient (Wildman–Crippen LogP) is 2.66. The number of benzene rings is 1. The molecule has 1 aromatic rings. The summed E-state index contributed by atoms with van der Waals surface area (Å²) in [4.78, 5) is 0. The first-order valence-electron chi connectivity index (χ1n) is 6.10. The molecule has 1 fully saturated rings. The Bertz CT molecular complexity index is 565. The minimum Gasteiger partial charge on any atom is -0.273 e. The predicted molar refractivity (Wildman–Crippen MR) is 71.0 cm³/mol. The van der Waals surface area contributed by atoms with Gasteiger partial charge in [0.1, 0.15) is 5.82 Å². The first-order chi connectivity index (χ1) is 8.34. The Labute approximate surface area is 108 Å². The Balaban J connectivity index is 2.53. The van der Waals surface area contributed by atoms with E-state index >= 15 is 0 Å². The zero-order valence-corrected chi connectivity index (χ0v) is 11.7. The molecule has 100 valence electrons. The van der Waals surface area contributed by atoms with Crippen LogP contribution in [0.4, 0.5) is 10.1 Å². The standard InChI is InChI=1S/C13H18FNO2S/c1-4-9-7-12(14)11(10-5-6-10)8-13(9)15(2)18(3,16)17/h7-8,10H,4-6H2,1-3H3. The largest absolute Gasteiger partial charge is 0.273 e. The van der Waals surface area contributed by atoms with E-state index in [-0.39, 0.29) is 11.7 Å². The second kappa shape index (κ2) is 4.53. The molecule has 1 saturated carbocycles. The topological polar surface area (TPSA) is 37.4 Å². The third-order valence-corrected chi connectivity index (χ3v) is 4.62. The molecule has 2 rings (SSSR count). The molecule has 0 aromatic heterocycles. The Morgan fingerprint density at radius 3 is 2.44 bits per heavy atom. The van der Waals surface area contributed by atoms with Gasteiger partial charge in [0.2, 0.25) is 10.0 Å². The molecule has 1 aromatic carbocycles. The van der Waals surface area contributed by atoms with Crippen molar-refractivity contribution in [2.45, 2.75) is 32.1 Å². The van der Waals surface area contributed by atoms with Gasteiger partial charge in [-0.3, -0.25) is 4.31 Å². The van der Waals surface area contributed by atoms with E-state index in [0.29, 0.717) is 17.7 Å². The smallest absolute Gasteiger partial charge is 0.232 e. The van der Waals surface area contributed by atoms with Gasteiger partial charge >= 0.3 is 0 Å². The van der Waals surface area contributed by atoms with Gasteiger partial charge in [0.05, 0.1) is 11.9 Å². The zero-order chi connectivity index (χ0) is 13.5. The maximum atomic E-state index is 13.9. The summed E-state index contributed by atoms with van der Waals surface area (Å²) in [7, 11) is -1.80. The van der Waals surface area contributed by atoms with E-state index in [0.717, 1.165) is 24.7 Å². The van der Waals surface area contributed by atoms with Gasteiger partial charge in [-0.25, -0.2) is 12.8 Å². The number of sulfonamides is 1. The number of anilines is 1. The Morgan fingerprint density at radius 1 is 1.39 bits per heavy atom. The fraction of sp³-hybridized carbons (Fsp3) is 0.538. The van der Waals surface area contributed by atoms with Crippen LogP contribution in [-0.4, -0.2) is 21.7 Å². The van der Waals surface area contributed by atoms with Crippen molar-refractivity contribution in [2.24, 2.45) is 0 Å². The van der Waals surface area contributed by atoms with Crippen molar-refractivity contribution in [1.29, 1.82) is 0 Å². The van der Waals surface area contributed by atoms with Gasteiger partial charge < -0.3 is 0 Å². The van der Waals surface area contributed by atoms with E-state index in [4.69, 9.17) is 0 Å². The van der Waals surface area contributed by atoms with E-state index in [2.05, 4.69) is 0 Å². The van der Waals surface area contributed by atoms with Crippen molar-refractivity contribution in [3.8, 4) is 0 Å². The minimum atomic E-state index is -3.31. The lowest BCUT2D eigenvalue weighted by molar-refractivity contribution is 0.598. The second-order valence-electron chi connectivity index (χ2n) is 4.86. The monoisotopic (exact) mass is 271 g/mol. The van der Waals surface area contributed by atoms with Gasteiger partial charge in [0.25, 0.3) is 0 Å². The highest BCUT2D eigenvalue weighted by Gasteiger charge is 2.28. The molecule has 0 heterocycles. The lowest BCUT2D eigenvalue weighted by atomic mass is 10.0. The van der Waals surface area contributed by atoms with Gasteiger partial charge in [0.15, 0.2) is 0 Å². The highest BCUT2D eigenvalue weighted by molar-refractivity contribution is 7.92. The lowest BCUT2D eigenvalue weighted by Crippen LogP contribution is -2.26.